The molecule has 0 radical (unpaired) electrons. The third-order valence-corrected chi connectivity index (χ3v) is 7.75. The van der Waals surface area contributed by atoms with Crippen molar-refractivity contribution >= 4 is 56.1 Å². The number of ether oxygens (including phenoxy) is 1. The molecule has 40 heavy (non-hydrogen) atoms. The minimum absolute atomic E-state index is 0.472. The van der Waals surface area contributed by atoms with Crippen LogP contribution in [0.2, 0.25) is 0 Å². The van der Waals surface area contributed by atoms with E-state index in [2.05, 4.69) is 41.8 Å². The third kappa shape index (κ3) is 6.99. The number of aromatic nitrogens is 4. The predicted molar refractivity (Wildman–Crippen MR) is 164 cm³/mol. The molecule has 4 aromatic heterocycles. The number of fused-ring (bicyclic) bond motifs is 2. The number of hydrogen-bond acceptors (Lipinski definition) is 7. The Morgan fingerprint density at radius 3 is 2.23 bits per heavy atom. The number of hydrogen-bond donors (Lipinski definition) is 4. The number of amides is 1. The summed E-state index contributed by atoms with van der Waals surface area (Å²) in [5.74, 6) is 0. The molecule has 6 rings (SSSR count). The van der Waals surface area contributed by atoms with Crippen LogP contribution in [0.1, 0.15) is 72.1 Å². The number of rotatable bonds is 5. The molecule has 10 nitrogen and oxygen atoms in total. The number of imidazole rings is 2. The second-order valence-electron chi connectivity index (χ2n) is 11.6. The van der Waals surface area contributed by atoms with Gasteiger partial charge in [0.2, 0.25) is 0 Å². The molecule has 2 aliphatic rings. The number of carbonyl (C=O) groups is 1. The molecule has 4 aromatic rings. The second-order valence-corrected chi connectivity index (χ2v) is 12.5. The van der Waals surface area contributed by atoms with E-state index in [4.69, 9.17) is 10.5 Å². The second kappa shape index (κ2) is 12.0. The Bertz CT molecular complexity index is 1460. The molecular weight excluding hydrogens is 572 g/mol. The Kier molecular flexibility index (Phi) is 8.39. The van der Waals surface area contributed by atoms with Gasteiger partial charge in [0.05, 0.1) is 28.9 Å². The van der Waals surface area contributed by atoms with Crippen molar-refractivity contribution in [2.24, 2.45) is 0 Å². The minimum atomic E-state index is -0.532. The molecule has 0 saturated heterocycles. The van der Waals surface area contributed by atoms with Crippen molar-refractivity contribution in [3.63, 3.8) is 0 Å². The Balaban J connectivity index is 0.000000168. The average molecular weight is 612 g/mol. The first kappa shape index (κ1) is 28.1. The zero-order valence-electron chi connectivity index (χ0n) is 23.4. The van der Waals surface area contributed by atoms with Crippen LogP contribution in [0.4, 0.5) is 27.5 Å². The van der Waals surface area contributed by atoms with Crippen molar-refractivity contribution in [2.45, 2.75) is 89.8 Å². The first-order valence-corrected chi connectivity index (χ1v) is 14.9. The highest BCUT2D eigenvalue weighted by Gasteiger charge is 2.19. The van der Waals surface area contributed by atoms with Gasteiger partial charge in [-0.15, -0.1) is 0 Å². The highest BCUT2D eigenvalue weighted by molar-refractivity contribution is 9.10. The highest BCUT2D eigenvalue weighted by Crippen LogP contribution is 2.28. The maximum Gasteiger partial charge on any atom is 0.412 e. The van der Waals surface area contributed by atoms with E-state index >= 15 is 0 Å². The number of nitrogen functional groups attached to an aromatic ring is 1. The first-order chi connectivity index (χ1) is 19.1. The van der Waals surface area contributed by atoms with E-state index in [0.29, 0.717) is 29.1 Å². The molecule has 2 saturated carbocycles. The lowest BCUT2D eigenvalue weighted by molar-refractivity contribution is 0.0636. The van der Waals surface area contributed by atoms with E-state index in [1.54, 1.807) is 12.4 Å². The summed E-state index contributed by atoms with van der Waals surface area (Å²) in [6.07, 6.45) is 19.0. The first-order valence-electron chi connectivity index (χ1n) is 14.1. The lowest BCUT2D eigenvalue weighted by Crippen LogP contribution is -2.27. The maximum atomic E-state index is 12.1. The van der Waals surface area contributed by atoms with Crippen molar-refractivity contribution in [2.75, 3.05) is 21.7 Å². The lowest BCUT2D eigenvalue weighted by Gasteiger charge is -2.20. The standard InChI is InChI=1S/C17H24N4O2.C12H15BrN4/c1-17(2,3)23-16(22)20-14-10-13(19-12-6-4-5-7-12)11-21-9-8-18-15(14)21;13-11-6-15-12-10(14)5-9(7-17(11)12)16-8-3-1-2-4-8/h8-12,19H,4-7H2,1-3H3,(H,20,22);5-8,16H,1-4,14H2. The number of carbonyl (C=O) groups excluding carboxylic acids is 1. The van der Waals surface area contributed by atoms with Gasteiger partial charge in [-0.25, -0.2) is 14.8 Å². The summed E-state index contributed by atoms with van der Waals surface area (Å²) in [4.78, 5) is 20.6. The number of nitrogens with zero attached hydrogens (tertiary/aromatic N) is 4. The molecule has 1 amide bonds. The van der Waals surface area contributed by atoms with E-state index in [0.717, 1.165) is 21.6 Å². The van der Waals surface area contributed by atoms with Crippen LogP contribution in [0.5, 0.6) is 0 Å². The molecule has 0 unspecified atom stereocenters. The zero-order chi connectivity index (χ0) is 28.3. The number of nitrogens with one attached hydrogen (secondary N) is 3. The van der Waals surface area contributed by atoms with Crippen LogP contribution < -0.4 is 21.7 Å². The van der Waals surface area contributed by atoms with Gasteiger partial charge < -0.3 is 25.5 Å². The summed E-state index contributed by atoms with van der Waals surface area (Å²) in [5, 5.41) is 9.89. The molecule has 11 heteroatoms. The SMILES string of the molecule is CC(C)(C)OC(=O)Nc1cc(NC2CCCC2)cn2ccnc12.Nc1cc(NC2CCCC2)cn2c(Br)cnc12. The van der Waals surface area contributed by atoms with E-state index in [1.165, 1.54) is 51.4 Å². The van der Waals surface area contributed by atoms with Gasteiger partial charge in [0.1, 0.15) is 10.2 Å². The largest absolute Gasteiger partial charge is 0.444 e. The maximum absolute atomic E-state index is 12.1. The summed E-state index contributed by atoms with van der Waals surface area (Å²) in [5.41, 5.74) is 10.4. The quantitative estimate of drug-likeness (QED) is 0.190. The van der Waals surface area contributed by atoms with E-state index in [1.807, 2.05) is 60.3 Å². The van der Waals surface area contributed by atoms with Crippen molar-refractivity contribution < 1.29 is 9.53 Å². The van der Waals surface area contributed by atoms with Gasteiger partial charge in [-0.3, -0.25) is 9.72 Å². The Hall–Kier alpha value is -3.47. The number of nitrogens with two attached hydrogens (primary N) is 1. The average Bonchev–Trinajstić information content (AvgIpc) is 3.68. The summed E-state index contributed by atoms with van der Waals surface area (Å²) in [7, 11) is 0. The summed E-state index contributed by atoms with van der Waals surface area (Å²) < 4.78 is 10.1. The van der Waals surface area contributed by atoms with Gasteiger partial charge in [-0.2, -0.15) is 0 Å². The zero-order valence-corrected chi connectivity index (χ0v) is 25.0. The number of anilines is 4. The van der Waals surface area contributed by atoms with Crippen LogP contribution >= 0.6 is 15.9 Å². The van der Waals surface area contributed by atoms with Gasteiger partial charge in [-0.05, 0) is 74.5 Å². The molecule has 0 aliphatic heterocycles. The van der Waals surface area contributed by atoms with E-state index in [-0.39, 0.29) is 0 Å². The van der Waals surface area contributed by atoms with Crippen LogP contribution in [0.3, 0.4) is 0 Å². The normalized spacial score (nSPS) is 16.2. The van der Waals surface area contributed by atoms with Crippen LogP contribution in [-0.4, -0.2) is 42.5 Å². The molecule has 0 atom stereocenters. The number of halogens is 1. The smallest absolute Gasteiger partial charge is 0.412 e. The van der Waals surface area contributed by atoms with Gasteiger partial charge in [0, 0.05) is 36.9 Å². The van der Waals surface area contributed by atoms with Crippen LogP contribution in [0, 0.1) is 0 Å². The molecule has 5 N–H and O–H groups in total. The molecule has 2 fully saturated rings. The molecule has 2 aliphatic carbocycles. The molecule has 0 bridgehead atoms. The molecule has 0 aromatic carbocycles. The van der Waals surface area contributed by atoms with Crippen LogP contribution in [0.15, 0.2) is 47.7 Å². The molecule has 4 heterocycles. The van der Waals surface area contributed by atoms with E-state index < -0.39 is 11.7 Å². The molecule has 214 valence electrons. The Morgan fingerprint density at radius 1 is 0.975 bits per heavy atom. The van der Waals surface area contributed by atoms with Crippen molar-refractivity contribution in [1.29, 1.82) is 0 Å². The fourth-order valence-electron chi connectivity index (χ4n) is 5.39. The molecule has 0 spiro atoms. The Morgan fingerprint density at radius 2 is 1.60 bits per heavy atom. The third-order valence-electron chi connectivity index (χ3n) is 7.16. The van der Waals surface area contributed by atoms with Gasteiger partial charge in [0.15, 0.2) is 11.3 Å². The summed E-state index contributed by atoms with van der Waals surface area (Å²) >= 11 is 3.47. The van der Waals surface area contributed by atoms with E-state index in [9.17, 15) is 4.79 Å². The van der Waals surface area contributed by atoms with Crippen molar-refractivity contribution in [1.82, 2.24) is 18.8 Å². The van der Waals surface area contributed by atoms with Gasteiger partial charge in [0.25, 0.3) is 0 Å². The molecular formula is C29H39BrN8O2. The van der Waals surface area contributed by atoms with Crippen molar-refractivity contribution in [3.8, 4) is 0 Å². The Labute approximate surface area is 243 Å². The van der Waals surface area contributed by atoms with Crippen molar-refractivity contribution in [3.05, 3.63) is 47.7 Å². The number of pyridine rings is 2. The van der Waals surface area contributed by atoms with Crippen LogP contribution in [0.25, 0.3) is 11.3 Å². The highest BCUT2D eigenvalue weighted by atomic mass is 79.9. The fourth-order valence-corrected chi connectivity index (χ4v) is 5.77. The summed E-state index contributed by atoms with van der Waals surface area (Å²) in [6.45, 7) is 5.53. The van der Waals surface area contributed by atoms with Crippen LogP contribution in [-0.2, 0) is 4.74 Å². The topological polar surface area (TPSA) is 123 Å². The minimum Gasteiger partial charge on any atom is -0.444 e. The van der Waals surface area contributed by atoms with Gasteiger partial charge >= 0.3 is 6.09 Å². The lowest BCUT2D eigenvalue weighted by atomic mass is 10.2. The fraction of sp³-hybridized carbons (Fsp3) is 0.483. The predicted octanol–water partition coefficient (Wildman–Crippen LogP) is 7.07. The van der Waals surface area contributed by atoms with Gasteiger partial charge in [-0.1, -0.05) is 25.7 Å². The summed E-state index contributed by atoms with van der Waals surface area (Å²) in [6, 6.07) is 4.98. The monoisotopic (exact) mass is 610 g/mol.